The Kier molecular flexibility index (Phi) is 6.21. The van der Waals surface area contributed by atoms with Crippen molar-refractivity contribution >= 4 is 23.5 Å². The Hall–Kier alpha value is -2.53. The van der Waals surface area contributed by atoms with E-state index in [1.807, 2.05) is 24.3 Å². The highest BCUT2D eigenvalue weighted by molar-refractivity contribution is 6.30. The number of benzene rings is 2. The Morgan fingerprint density at radius 1 is 1.17 bits per heavy atom. The van der Waals surface area contributed by atoms with Gasteiger partial charge in [0, 0.05) is 11.6 Å². The van der Waals surface area contributed by atoms with Crippen molar-refractivity contribution in [3.63, 3.8) is 0 Å². The summed E-state index contributed by atoms with van der Waals surface area (Å²) in [6.45, 7) is 1.85. The van der Waals surface area contributed by atoms with E-state index in [1.54, 1.807) is 25.3 Å². The van der Waals surface area contributed by atoms with Crippen molar-refractivity contribution in [3.05, 3.63) is 64.7 Å². The van der Waals surface area contributed by atoms with Crippen LogP contribution in [0.2, 0.25) is 5.02 Å². The predicted octanol–water partition coefficient (Wildman–Crippen LogP) is 3.21. The quantitative estimate of drug-likeness (QED) is 0.815. The molecule has 24 heavy (non-hydrogen) atoms. The van der Waals surface area contributed by atoms with Crippen LogP contribution in [0.4, 0.5) is 0 Å². The highest BCUT2D eigenvalue weighted by Crippen LogP contribution is 2.13. The molecular weight excluding hydrogens is 330 g/mol. The molecule has 2 rings (SSSR count). The van der Waals surface area contributed by atoms with Gasteiger partial charge < -0.3 is 14.8 Å². The zero-order valence-electron chi connectivity index (χ0n) is 13.4. The number of nitrogens with one attached hydrogen (secondary N) is 1. The van der Waals surface area contributed by atoms with Crippen LogP contribution in [-0.2, 0) is 16.1 Å². The molecule has 0 unspecified atom stereocenters. The van der Waals surface area contributed by atoms with Crippen LogP contribution in [0, 0.1) is 0 Å². The minimum atomic E-state index is -0.908. The number of ether oxygens (including phenoxy) is 2. The molecule has 126 valence electrons. The number of hydrogen-bond acceptors (Lipinski definition) is 4. The summed E-state index contributed by atoms with van der Waals surface area (Å²) in [6.07, 6.45) is -0.908. The third-order valence-electron chi connectivity index (χ3n) is 3.34. The van der Waals surface area contributed by atoms with Gasteiger partial charge in [0.1, 0.15) is 5.75 Å². The van der Waals surface area contributed by atoms with Crippen LogP contribution in [0.1, 0.15) is 22.8 Å². The standard InChI is InChI=1S/C18H18ClNO4/c1-12(24-18(22)14-4-3-5-15(19)10-14)17(21)20-11-13-6-8-16(23-2)9-7-13/h3-10,12H,11H2,1-2H3,(H,20,21)/t12-/m1/s1. The van der Waals surface area contributed by atoms with Gasteiger partial charge in [0.15, 0.2) is 6.10 Å². The van der Waals surface area contributed by atoms with Crippen molar-refractivity contribution in [2.75, 3.05) is 7.11 Å². The lowest BCUT2D eigenvalue weighted by Gasteiger charge is -2.14. The van der Waals surface area contributed by atoms with Gasteiger partial charge in [-0.2, -0.15) is 0 Å². The second-order valence-electron chi connectivity index (χ2n) is 5.12. The number of amides is 1. The summed E-state index contributed by atoms with van der Waals surface area (Å²) >= 11 is 5.83. The van der Waals surface area contributed by atoms with E-state index >= 15 is 0 Å². The molecule has 0 aliphatic carbocycles. The Morgan fingerprint density at radius 2 is 1.88 bits per heavy atom. The lowest BCUT2D eigenvalue weighted by molar-refractivity contribution is -0.129. The Morgan fingerprint density at radius 3 is 2.50 bits per heavy atom. The molecule has 0 aliphatic rings. The van der Waals surface area contributed by atoms with Gasteiger partial charge in [0.2, 0.25) is 0 Å². The van der Waals surface area contributed by atoms with Crippen molar-refractivity contribution in [2.45, 2.75) is 19.6 Å². The molecule has 0 aliphatic heterocycles. The zero-order valence-corrected chi connectivity index (χ0v) is 14.2. The first kappa shape index (κ1) is 17.8. The first-order valence-electron chi connectivity index (χ1n) is 7.37. The van der Waals surface area contributed by atoms with Gasteiger partial charge in [-0.1, -0.05) is 29.8 Å². The van der Waals surface area contributed by atoms with E-state index in [2.05, 4.69) is 5.32 Å². The SMILES string of the molecule is COc1ccc(CNC(=O)[C@@H](C)OC(=O)c2cccc(Cl)c2)cc1. The van der Waals surface area contributed by atoms with E-state index in [4.69, 9.17) is 21.1 Å². The van der Waals surface area contributed by atoms with Crippen molar-refractivity contribution in [1.82, 2.24) is 5.32 Å². The number of hydrogen-bond donors (Lipinski definition) is 1. The van der Waals surface area contributed by atoms with E-state index in [0.717, 1.165) is 11.3 Å². The van der Waals surface area contributed by atoms with Crippen molar-refractivity contribution < 1.29 is 19.1 Å². The van der Waals surface area contributed by atoms with E-state index in [9.17, 15) is 9.59 Å². The second kappa shape index (κ2) is 8.36. The number of rotatable bonds is 6. The first-order chi connectivity index (χ1) is 11.5. The summed E-state index contributed by atoms with van der Waals surface area (Å²) in [6, 6.07) is 13.7. The smallest absolute Gasteiger partial charge is 0.338 e. The van der Waals surface area contributed by atoms with Crippen LogP contribution in [0.25, 0.3) is 0 Å². The number of methoxy groups -OCH3 is 1. The molecule has 1 amide bonds. The number of halogens is 1. The molecule has 6 heteroatoms. The molecule has 1 atom stereocenters. The van der Waals surface area contributed by atoms with Crippen LogP contribution in [0.5, 0.6) is 5.75 Å². The first-order valence-corrected chi connectivity index (χ1v) is 7.74. The minimum Gasteiger partial charge on any atom is -0.497 e. The third-order valence-corrected chi connectivity index (χ3v) is 3.57. The minimum absolute atomic E-state index is 0.303. The zero-order chi connectivity index (χ0) is 17.5. The van der Waals surface area contributed by atoms with Crippen LogP contribution >= 0.6 is 11.6 Å². The lowest BCUT2D eigenvalue weighted by Crippen LogP contribution is -2.35. The average Bonchev–Trinajstić information content (AvgIpc) is 2.60. The van der Waals surface area contributed by atoms with E-state index in [0.29, 0.717) is 17.1 Å². The Bertz CT molecular complexity index is 715. The van der Waals surface area contributed by atoms with Gasteiger partial charge in [-0.25, -0.2) is 4.79 Å². The molecule has 2 aromatic carbocycles. The van der Waals surface area contributed by atoms with Crippen LogP contribution in [0.3, 0.4) is 0 Å². The van der Waals surface area contributed by atoms with Crippen molar-refractivity contribution in [1.29, 1.82) is 0 Å². The van der Waals surface area contributed by atoms with Crippen molar-refractivity contribution in [2.24, 2.45) is 0 Å². The van der Waals surface area contributed by atoms with E-state index in [-0.39, 0.29) is 5.91 Å². The third kappa shape index (κ3) is 4.99. The van der Waals surface area contributed by atoms with Gasteiger partial charge >= 0.3 is 5.97 Å². The number of carbonyl (C=O) groups is 2. The summed E-state index contributed by atoms with van der Waals surface area (Å²) in [7, 11) is 1.59. The van der Waals surface area contributed by atoms with Crippen LogP contribution in [0.15, 0.2) is 48.5 Å². The maximum Gasteiger partial charge on any atom is 0.338 e. The van der Waals surface area contributed by atoms with Gasteiger partial charge in [-0.3, -0.25) is 4.79 Å². The number of esters is 1. The molecular formula is C18H18ClNO4. The molecule has 0 radical (unpaired) electrons. The fraction of sp³-hybridized carbons (Fsp3) is 0.222. The Labute approximate surface area is 145 Å². The van der Waals surface area contributed by atoms with Crippen LogP contribution in [-0.4, -0.2) is 25.1 Å². The summed E-state index contributed by atoms with van der Waals surface area (Å²) in [5, 5.41) is 3.15. The molecule has 1 N–H and O–H groups in total. The summed E-state index contributed by atoms with van der Waals surface area (Å²) in [5.74, 6) is -0.223. The molecule has 2 aromatic rings. The van der Waals surface area contributed by atoms with Crippen LogP contribution < -0.4 is 10.1 Å². The van der Waals surface area contributed by atoms with Gasteiger partial charge in [-0.05, 0) is 42.8 Å². The predicted molar refractivity (Wildman–Crippen MR) is 91.2 cm³/mol. The van der Waals surface area contributed by atoms with Crippen molar-refractivity contribution in [3.8, 4) is 5.75 Å². The van der Waals surface area contributed by atoms with Gasteiger partial charge in [0.25, 0.3) is 5.91 Å². The molecule has 0 aromatic heterocycles. The fourth-order valence-corrected chi connectivity index (χ4v) is 2.16. The largest absolute Gasteiger partial charge is 0.497 e. The normalized spacial score (nSPS) is 11.5. The summed E-state index contributed by atoms with van der Waals surface area (Å²) in [4.78, 5) is 24.0. The molecule has 0 bridgehead atoms. The topological polar surface area (TPSA) is 64.6 Å². The van der Waals surface area contributed by atoms with E-state index < -0.39 is 12.1 Å². The van der Waals surface area contributed by atoms with E-state index in [1.165, 1.54) is 13.0 Å². The molecule has 0 spiro atoms. The molecule has 0 heterocycles. The fourth-order valence-electron chi connectivity index (χ4n) is 1.97. The molecule has 0 fully saturated rings. The average molecular weight is 348 g/mol. The molecule has 0 saturated carbocycles. The number of carbonyl (C=O) groups excluding carboxylic acids is 2. The lowest BCUT2D eigenvalue weighted by atomic mass is 10.2. The highest BCUT2D eigenvalue weighted by Gasteiger charge is 2.18. The summed E-state index contributed by atoms with van der Waals surface area (Å²) in [5.41, 5.74) is 1.22. The Balaban J connectivity index is 1.86. The summed E-state index contributed by atoms with van der Waals surface area (Å²) < 4.78 is 10.2. The van der Waals surface area contributed by atoms with Gasteiger partial charge in [0.05, 0.1) is 12.7 Å². The maximum atomic E-state index is 12.0. The monoisotopic (exact) mass is 347 g/mol. The maximum absolute atomic E-state index is 12.0. The molecule has 5 nitrogen and oxygen atoms in total. The van der Waals surface area contributed by atoms with Gasteiger partial charge in [-0.15, -0.1) is 0 Å². The molecule has 0 saturated heterocycles. The second-order valence-corrected chi connectivity index (χ2v) is 5.56. The highest BCUT2D eigenvalue weighted by atomic mass is 35.5.